The van der Waals surface area contributed by atoms with E-state index in [1.165, 1.54) is 12.1 Å². The fraction of sp³-hybridized carbons (Fsp3) is 0.478. The number of aromatic nitrogens is 1. The van der Waals surface area contributed by atoms with Crippen LogP contribution in [-0.4, -0.2) is 29.0 Å². The van der Waals surface area contributed by atoms with Gasteiger partial charge in [-0.3, -0.25) is 4.98 Å². The van der Waals surface area contributed by atoms with Crippen molar-refractivity contribution >= 4 is 6.03 Å². The molecule has 2 aliphatic rings. The van der Waals surface area contributed by atoms with Crippen molar-refractivity contribution in [1.82, 2.24) is 15.2 Å². The second-order valence-corrected chi connectivity index (χ2v) is 8.14. The molecule has 0 radical (unpaired) electrons. The Labute approximate surface area is 166 Å². The van der Waals surface area contributed by atoms with Crippen LogP contribution in [0, 0.1) is 5.82 Å². The van der Waals surface area contributed by atoms with Gasteiger partial charge in [0.25, 0.3) is 0 Å². The molecule has 1 N–H and O–H groups in total. The fourth-order valence-corrected chi connectivity index (χ4v) is 4.60. The van der Waals surface area contributed by atoms with Gasteiger partial charge in [-0.1, -0.05) is 31.4 Å². The molecule has 1 saturated heterocycles. The van der Waals surface area contributed by atoms with Crippen molar-refractivity contribution in [3.8, 4) is 0 Å². The Hall–Kier alpha value is -2.43. The molecule has 4 rings (SSSR count). The number of hydrogen-bond acceptors (Lipinski definition) is 2. The number of likely N-dealkylation sites (tertiary alicyclic amines) is 1. The molecule has 1 aliphatic heterocycles. The van der Waals surface area contributed by atoms with Crippen LogP contribution < -0.4 is 5.32 Å². The normalized spacial score (nSPS) is 21.5. The maximum atomic E-state index is 13.3. The van der Waals surface area contributed by atoms with Crippen LogP contribution in [0.1, 0.15) is 62.1 Å². The standard InChI is InChI=1S/C23H28FN3O/c24-20-8-6-19(7-9-20)23(12-4-13-23)17-26-22(28)27-16-3-1-2-5-21(27)18-10-14-25-15-11-18/h6-11,14-15,21H,1-5,12-13,16-17H2,(H,26,28)/t21-/m1/s1. The van der Waals surface area contributed by atoms with Crippen molar-refractivity contribution in [2.24, 2.45) is 0 Å². The summed E-state index contributed by atoms with van der Waals surface area (Å²) >= 11 is 0. The molecule has 28 heavy (non-hydrogen) atoms. The zero-order chi connectivity index (χ0) is 19.4. The Morgan fingerprint density at radius 3 is 2.50 bits per heavy atom. The van der Waals surface area contributed by atoms with Gasteiger partial charge in [0, 0.05) is 30.9 Å². The number of pyridine rings is 1. The van der Waals surface area contributed by atoms with Crippen LogP contribution in [-0.2, 0) is 5.41 Å². The third kappa shape index (κ3) is 3.89. The molecule has 1 atom stereocenters. The predicted octanol–water partition coefficient (Wildman–Crippen LogP) is 4.97. The van der Waals surface area contributed by atoms with Gasteiger partial charge < -0.3 is 10.2 Å². The maximum absolute atomic E-state index is 13.3. The summed E-state index contributed by atoms with van der Waals surface area (Å²) in [6, 6.07) is 10.9. The summed E-state index contributed by atoms with van der Waals surface area (Å²) in [4.78, 5) is 19.3. The lowest BCUT2D eigenvalue weighted by molar-refractivity contribution is 0.165. The molecule has 1 saturated carbocycles. The van der Waals surface area contributed by atoms with E-state index in [9.17, 15) is 9.18 Å². The number of carbonyl (C=O) groups is 1. The number of carbonyl (C=O) groups excluding carboxylic acids is 1. The van der Waals surface area contributed by atoms with E-state index in [4.69, 9.17) is 0 Å². The van der Waals surface area contributed by atoms with Crippen LogP contribution in [0.4, 0.5) is 9.18 Å². The van der Waals surface area contributed by atoms with Crippen LogP contribution in [0.25, 0.3) is 0 Å². The highest BCUT2D eigenvalue weighted by atomic mass is 19.1. The van der Waals surface area contributed by atoms with E-state index >= 15 is 0 Å². The van der Waals surface area contributed by atoms with Crippen molar-refractivity contribution in [3.63, 3.8) is 0 Å². The third-order valence-corrected chi connectivity index (χ3v) is 6.45. The zero-order valence-corrected chi connectivity index (χ0v) is 16.2. The van der Waals surface area contributed by atoms with Crippen LogP contribution in [0.5, 0.6) is 0 Å². The highest BCUT2D eigenvalue weighted by Crippen LogP contribution is 2.43. The summed E-state index contributed by atoms with van der Waals surface area (Å²) in [5.74, 6) is -0.216. The molecule has 2 heterocycles. The smallest absolute Gasteiger partial charge is 0.317 e. The number of nitrogens with zero attached hydrogens (tertiary/aromatic N) is 2. The van der Waals surface area contributed by atoms with Crippen LogP contribution in [0.2, 0.25) is 0 Å². The van der Waals surface area contributed by atoms with E-state index < -0.39 is 0 Å². The minimum absolute atomic E-state index is 0.0112. The van der Waals surface area contributed by atoms with E-state index in [2.05, 4.69) is 10.3 Å². The lowest BCUT2D eigenvalue weighted by Gasteiger charge is -2.43. The van der Waals surface area contributed by atoms with Crippen molar-refractivity contribution in [3.05, 3.63) is 65.7 Å². The molecule has 0 unspecified atom stereocenters. The maximum Gasteiger partial charge on any atom is 0.317 e. The van der Waals surface area contributed by atoms with Gasteiger partial charge in [-0.25, -0.2) is 9.18 Å². The lowest BCUT2D eigenvalue weighted by atomic mass is 9.64. The summed E-state index contributed by atoms with van der Waals surface area (Å²) < 4.78 is 13.3. The minimum Gasteiger partial charge on any atom is -0.337 e. The molecule has 5 heteroatoms. The Kier molecular flexibility index (Phi) is 5.60. The van der Waals surface area contributed by atoms with Gasteiger partial charge in [0.1, 0.15) is 5.82 Å². The molecule has 4 nitrogen and oxygen atoms in total. The fourth-order valence-electron chi connectivity index (χ4n) is 4.60. The molecule has 1 aromatic heterocycles. The van der Waals surface area contributed by atoms with Crippen molar-refractivity contribution in [2.45, 2.75) is 56.4 Å². The van der Waals surface area contributed by atoms with Crippen molar-refractivity contribution in [2.75, 3.05) is 13.1 Å². The first-order valence-corrected chi connectivity index (χ1v) is 10.4. The molecular formula is C23H28FN3O. The first-order valence-electron chi connectivity index (χ1n) is 10.4. The first kappa shape index (κ1) is 18.9. The first-order chi connectivity index (χ1) is 13.7. The van der Waals surface area contributed by atoms with Gasteiger partial charge in [-0.15, -0.1) is 0 Å². The van der Waals surface area contributed by atoms with Crippen LogP contribution in [0.3, 0.4) is 0 Å². The Morgan fingerprint density at radius 1 is 1.07 bits per heavy atom. The molecule has 2 fully saturated rings. The summed E-state index contributed by atoms with van der Waals surface area (Å²) in [6.07, 6.45) is 11.1. The summed E-state index contributed by atoms with van der Waals surface area (Å²) in [5, 5.41) is 3.21. The molecule has 0 spiro atoms. The average molecular weight is 381 g/mol. The topological polar surface area (TPSA) is 45.2 Å². The van der Waals surface area contributed by atoms with E-state index in [0.717, 1.165) is 62.6 Å². The Bertz CT molecular complexity index is 789. The van der Waals surface area contributed by atoms with Crippen LogP contribution >= 0.6 is 0 Å². The molecule has 0 bridgehead atoms. The Morgan fingerprint density at radius 2 is 1.82 bits per heavy atom. The monoisotopic (exact) mass is 381 g/mol. The number of hydrogen-bond donors (Lipinski definition) is 1. The van der Waals surface area contributed by atoms with Crippen molar-refractivity contribution < 1.29 is 9.18 Å². The number of benzene rings is 1. The highest BCUT2D eigenvalue weighted by Gasteiger charge is 2.39. The summed E-state index contributed by atoms with van der Waals surface area (Å²) in [5.41, 5.74) is 2.23. The number of nitrogens with one attached hydrogen (secondary N) is 1. The molecule has 1 aliphatic carbocycles. The second-order valence-electron chi connectivity index (χ2n) is 8.14. The molecule has 1 aromatic carbocycles. The highest BCUT2D eigenvalue weighted by molar-refractivity contribution is 5.75. The molecule has 148 valence electrons. The summed E-state index contributed by atoms with van der Waals surface area (Å²) in [6.45, 7) is 1.39. The molecule has 2 amide bonds. The van der Waals surface area contributed by atoms with Gasteiger partial charge in [0.05, 0.1) is 6.04 Å². The van der Waals surface area contributed by atoms with E-state index in [0.29, 0.717) is 6.54 Å². The average Bonchev–Trinajstić information content (AvgIpc) is 2.95. The molecule has 2 aromatic rings. The van der Waals surface area contributed by atoms with Gasteiger partial charge in [0.2, 0.25) is 0 Å². The number of halogens is 1. The van der Waals surface area contributed by atoms with Crippen LogP contribution in [0.15, 0.2) is 48.8 Å². The number of rotatable bonds is 4. The van der Waals surface area contributed by atoms with Gasteiger partial charge in [-0.05, 0) is 61.1 Å². The quantitative estimate of drug-likeness (QED) is 0.813. The predicted molar refractivity (Wildman–Crippen MR) is 107 cm³/mol. The number of amides is 2. The lowest BCUT2D eigenvalue weighted by Crippen LogP contribution is -2.50. The Balaban J connectivity index is 1.47. The van der Waals surface area contributed by atoms with E-state index in [1.807, 2.05) is 29.2 Å². The molecular weight excluding hydrogens is 353 g/mol. The minimum atomic E-state index is -0.216. The van der Waals surface area contributed by atoms with E-state index in [-0.39, 0.29) is 23.3 Å². The largest absolute Gasteiger partial charge is 0.337 e. The van der Waals surface area contributed by atoms with Crippen molar-refractivity contribution in [1.29, 1.82) is 0 Å². The second kappa shape index (κ2) is 8.29. The summed E-state index contributed by atoms with van der Waals surface area (Å²) in [7, 11) is 0. The van der Waals surface area contributed by atoms with E-state index in [1.54, 1.807) is 12.4 Å². The van der Waals surface area contributed by atoms with Gasteiger partial charge in [-0.2, -0.15) is 0 Å². The SMILES string of the molecule is O=C(NCC1(c2ccc(F)cc2)CCC1)N1CCCCC[C@@H]1c1ccncc1. The van der Waals surface area contributed by atoms with Gasteiger partial charge in [0.15, 0.2) is 0 Å². The van der Waals surface area contributed by atoms with Gasteiger partial charge >= 0.3 is 6.03 Å². The number of urea groups is 1. The zero-order valence-electron chi connectivity index (χ0n) is 16.2. The third-order valence-electron chi connectivity index (χ3n) is 6.45.